The van der Waals surface area contributed by atoms with Gasteiger partial charge in [0.2, 0.25) is 0 Å². The number of halogens is 3. The summed E-state index contributed by atoms with van der Waals surface area (Å²) in [5, 5.41) is 10.2. The molecule has 0 aromatic carbocycles. The van der Waals surface area contributed by atoms with Crippen LogP contribution in [-0.2, 0) is 13.1 Å². The maximum atomic E-state index is 12.6. The molecule has 2 aromatic rings. The Bertz CT molecular complexity index is 610. The highest BCUT2D eigenvalue weighted by Crippen LogP contribution is 2.15. The van der Waals surface area contributed by atoms with Crippen LogP contribution in [0.15, 0.2) is 22.9 Å². The number of alkyl halides is 2. The summed E-state index contributed by atoms with van der Waals surface area (Å²) in [5.74, 6) is -0.624. The Morgan fingerprint density at radius 3 is 2.90 bits per heavy atom. The number of nitrogens with one attached hydrogen (secondary N) is 1. The molecule has 0 atom stereocenters. The smallest absolute Gasteiger partial charge is 0.333 e. The van der Waals surface area contributed by atoms with E-state index in [-0.39, 0.29) is 12.2 Å². The monoisotopic (exact) mass is 347 g/mol. The predicted molar refractivity (Wildman–Crippen MR) is 70.3 cm³/mol. The number of carbonyl (C=O) groups excluding carboxylic acids is 1. The van der Waals surface area contributed by atoms with Crippen molar-refractivity contribution in [2.24, 2.45) is 0 Å². The molecule has 2 aromatic heterocycles. The SMILES string of the molecule is CCn1cc(Br)c(CNC(=O)c2ccnn2C(F)F)n1. The minimum atomic E-state index is -2.85. The van der Waals surface area contributed by atoms with Gasteiger partial charge in [0.25, 0.3) is 5.91 Å². The van der Waals surface area contributed by atoms with E-state index >= 15 is 0 Å². The van der Waals surface area contributed by atoms with Crippen LogP contribution in [0.4, 0.5) is 8.78 Å². The van der Waals surface area contributed by atoms with Gasteiger partial charge in [0.15, 0.2) is 0 Å². The van der Waals surface area contributed by atoms with Crippen molar-refractivity contribution in [2.45, 2.75) is 26.6 Å². The van der Waals surface area contributed by atoms with Gasteiger partial charge in [0, 0.05) is 18.9 Å². The maximum Gasteiger partial charge on any atom is 0.333 e. The highest BCUT2D eigenvalue weighted by atomic mass is 79.9. The van der Waals surface area contributed by atoms with E-state index in [0.29, 0.717) is 16.9 Å². The first kappa shape index (κ1) is 14.6. The fourth-order valence-corrected chi connectivity index (χ4v) is 2.08. The minimum Gasteiger partial charge on any atom is -0.345 e. The predicted octanol–water partition coefficient (Wildman–Crippen LogP) is 2.19. The lowest BCUT2D eigenvalue weighted by atomic mass is 10.3. The molecule has 20 heavy (non-hydrogen) atoms. The van der Waals surface area contributed by atoms with Gasteiger partial charge in [-0.2, -0.15) is 23.7 Å². The number of rotatable bonds is 5. The van der Waals surface area contributed by atoms with E-state index in [9.17, 15) is 13.6 Å². The van der Waals surface area contributed by atoms with Crippen LogP contribution in [0.1, 0.15) is 29.7 Å². The normalized spacial score (nSPS) is 11.1. The van der Waals surface area contributed by atoms with Gasteiger partial charge >= 0.3 is 6.55 Å². The largest absolute Gasteiger partial charge is 0.345 e. The maximum absolute atomic E-state index is 12.6. The standard InChI is InChI=1S/C11H12BrF2N5O/c1-2-18-6-7(12)8(17-18)5-15-10(20)9-3-4-16-19(9)11(13)14/h3-4,6,11H,2,5H2,1H3,(H,15,20). The van der Waals surface area contributed by atoms with Crippen molar-refractivity contribution in [2.75, 3.05) is 0 Å². The molecule has 6 nitrogen and oxygen atoms in total. The Balaban J connectivity index is 2.05. The average Bonchev–Trinajstić information content (AvgIpc) is 3.02. The van der Waals surface area contributed by atoms with Crippen LogP contribution in [0.2, 0.25) is 0 Å². The number of hydrogen-bond donors (Lipinski definition) is 1. The molecular formula is C11H12BrF2N5O. The average molecular weight is 348 g/mol. The van der Waals surface area contributed by atoms with E-state index in [1.54, 1.807) is 10.9 Å². The van der Waals surface area contributed by atoms with E-state index < -0.39 is 12.5 Å². The van der Waals surface area contributed by atoms with Crippen LogP contribution in [0.5, 0.6) is 0 Å². The topological polar surface area (TPSA) is 64.7 Å². The van der Waals surface area contributed by atoms with E-state index in [2.05, 4.69) is 31.4 Å². The molecular weight excluding hydrogens is 336 g/mol. The Hall–Kier alpha value is -1.77. The highest BCUT2D eigenvalue weighted by molar-refractivity contribution is 9.10. The van der Waals surface area contributed by atoms with Crippen molar-refractivity contribution >= 4 is 21.8 Å². The summed E-state index contributed by atoms with van der Waals surface area (Å²) in [5.41, 5.74) is 0.439. The van der Waals surface area contributed by atoms with Gasteiger partial charge in [0.05, 0.1) is 16.7 Å². The fraction of sp³-hybridized carbons (Fsp3) is 0.364. The van der Waals surface area contributed by atoms with Crippen molar-refractivity contribution in [3.05, 3.63) is 34.3 Å². The van der Waals surface area contributed by atoms with Crippen LogP contribution in [0.3, 0.4) is 0 Å². The molecule has 2 heterocycles. The molecule has 0 spiro atoms. The Morgan fingerprint density at radius 1 is 1.55 bits per heavy atom. The highest BCUT2D eigenvalue weighted by Gasteiger charge is 2.18. The molecule has 1 amide bonds. The summed E-state index contributed by atoms with van der Waals surface area (Å²) >= 11 is 3.32. The summed E-state index contributed by atoms with van der Waals surface area (Å²) in [6.07, 6.45) is 2.94. The van der Waals surface area contributed by atoms with Crippen molar-refractivity contribution < 1.29 is 13.6 Å². The number of carbonyl (C=O) groups is 1. The van der Waals surface area contributed by atoms with Gasteiger partial charge in [-0.1, -0.05) is 0 Å². The molecule has 0 unspecified atom stereocenters. The fourth-order valence-electron chi connectivity index (χ4n) is 1.62. The molecule has 0 bridgehead atoms. The first-order valence-electron chi connectivity index (χ1n) is 5.84. The summed E-state index contributed by atoms with van der Waals surface area (Å²) in [6, 6.07) is 1.24. The van der Waals surface area contributed by atoms with Crippen molar-refractivity contribution in [3.63, 3.8) is 0 Å². The number of aryl methyl sites for hydroxylation is 1. The van der Waals surface area contributed by atoms with E-state index in [0.717, 1.165) is 10.7 Å². The molecule has 0 aliphatic heterocycles. The zero-order chi connectivity index (χ0) is 14.7. The molecule has 0 fully saturated rings. The van der Waals surface area contributed by atoms with Gasteiger partial charge in [0.1, 0.15) is 5.69 Å². The number of nitrogens with zero attached hydrogens (tertiary/aromatic N) is 4. The number of amides is 1. The Morgan fingerprint density at radius 2 is 2.30 bits per heavy atom. The van der Waals surface area contributed by atoms with Crippen molar-refractivity contribution in [1.82, 2.24) is 24.9 Å². The zero-order valence-corrected chi connectivity index (χ0v) is 12.1. The van der Waals surface area contributed by atoms with Gasteiger partial charge in [-0.15, -0.1) is 0 Å². The Labute approximate surface area is 121 Å². The molecule has 0 saturated heterocycles. The lowest BCUT2D eigenvalue weighted by Crippen LogP contribution is -2.26. The van der Waals surface area contributed by atoms with Gasteiger partial charge < -0.3 is 5.32 Å². The second-order valence-corrected chi connectivity index (χ2v) is 4.76. The number of aromatic nitrogens is 4. The second kappa shape index (κ2) is 6.12. The molecule has 108 valence electrons. The molecule has 0 saturated carbocycles. The van der Waals surface area contributed by atoms with Crippen molar-refractivity contribution in [1.29, 1.82) is 0 Å². The van der Waals surface area contributed by atoms with E-state index in [1.165, 1.54) is 6.07 Å². The van der Waals surface area contributed by atoms with Crippen LogP contribution < -0.4 is 5.32 Å². The van der Waals surface area contributed by atoms with Gasteiger partial charge in [-0.25, -0.2) is 0 Å². The van der Waals surface area contributed by atoms with Crippen molar-refractivity contribution in [3.8, 4) is 0 Å². The third-order valence-electron chi connectivity index (χ3n) is 2.62. The molecule has 2 rings (SSSR count). The lowest BCUT2D eigenvalue weighted by Gasteiger charge is -2.06. The van der Waals surface area contributed by atoms with Crippen LogP contribution in [0.25, 0.3) is 0 Å². The molecule has 0 aliphatic rings. The van der Waals surface area contributed by atoms with Crippen LogP contribution in [-0.4, -0.2) is 25.5 Å². The first-order chi connectivity index (χ1) is 9.52. The molecule has 0 radical (unpaired) electrons. The van der Waals surface area contributed by atoms with Crippen LogP contribution in [0, 0.1) is 0 Å². The number of hydrogen-bond acceptors (Lipinski definition) is 3. The van der Waals surface area contributed by atoms with Gasteiger partial charge in [-0.3, -0.25) is 9.48 Å². The summed E-state index contributed by atoms with van der Waals surface area (Å²) in [4.78, 5) is 11.8. The quantitative estimate of drug-likeness (QED) is 0.901. The zero-order valence-electron chi connectivity index (χ0n) is 10.6. The summed E-state index contributed by atoms with van der Waals surface area (Å²) < 4.78 is 28.0. The van der Waals surface area contributed by atoms with Crippen LogP contribution >= 0.6 is 15.9 Å². The molecule has 1 N–H and O–H groups in total. The minimum absolute atomic E-state index is 0.140. The molecule has 0 aliphatic carbocycles. The first-order valence-corrected chi connectivity index (χ1v) is 6.64. The molecule has 9 heteroatoms. The Kier molecular flexibility index (Phi) is 4.48. The third kappa shape index (κ3) is 3.03. The van der Waals surface area contributed by atoms with Gasteiger partial charge in [-0.05, 0) is 28.9 Å². The summed E-state index contributed by atoms with van der Waals surface area (Å²) in [7, 11) is 0. The lowest BCUT2D eigenvalue weighted by molar-refractivity contribution is 0.0509. The second-order valence-electron chi connectivity index (χ2n) is 3.90. The third-order valence-corrected chi connectivity index (χ3v) is 3.28. The van der Waals surface area contributed by atoms with E-state index in [4.69, 9.17) is 0 Å². The van der Waals surface area contributed by atoms with E-state index in [1.807, 2.05) is 6.92 Å². The summed E-state index contributed by atoms with van der Waals surface area (Å²) in [6.45, 7) is -0.0778.